The third-order valence-electron chi connectivity index (χ3n) is 3.33. The van der Waals surface area contributed by atoms with Gasteiger partial charge in [-0.05, 0) is 25.0 Å². The van der Waals surface area contributed by atoms with Crippen LogP contribution in [0.1, 0.15) is 12.0 Å². The highest BCUT2D eigenvalue weighted by atomic mass is 35.5. The molecule has 1 aromatic carbocycles. The molecule has 0 saturated carbocycles. The third-order valence-corrected chi connectivity index (χ3v) is 5.31. The van der Waals surface area contributed by atoms with Crippen LogP contribution in [0.15, 0.2) is 24.3 Å². The highest BCUT2D eigenvalue weighted by Crippen LogP contribution is 2.27. The third kappa shape index (κ3) is 3.09. The fourth-order valence-corrected chi connectivity index (χ4v) is 4.24. The number of carbonyl (C=O) groups excluding carboxylic acids is 1. The first-order chi connectivity index (χ1) is 8.94. The number of carbonyl (C=O) groups is 1. The maximum atomic E-state index is 12.1. The summed E-state index contributed by atoms with van der Waals surface area (Å²) in [6.45, 7) is 1.90. The summed E-state index contributed by atoms with van der Waals surface area (Å²) in [7, 11) is -3.04. The van der Waals surface area contributed by atoms with Gasteiger partial charge in [0.25, 0.3) is 0 Å². The van der Waals surface area contributed by atoms with Gasteiger partial charge in [0, 0.05) is 5.69 Å². The lowest BCUT2D eigenvalue weighted by Crippen LogP contribution is -2.42. The van der Waals surface area contributed by atoms with Crippen LogP contribution in [0.2, 0.25) is 0 Å². The molecular weight excluding hydrogens is 286 g/mol. The summed E-state index contributed by atoms with van der Waals surface area (Å²) < 4.78 is 23.2. The van der Waals surface area contributed by atoms with Crippen LogP contribution in [0.3, 0.4) is 0 Å². The highest BCUT2D eigenvalue weighted by Gasteiger charge is 2.35. The van der Waals surface area contributed by atoms with E-state index in [2.05, 4.69) is 0 Å². The van der Waals surface area contributed by atoms with E-state index in [-0.39, 0.29) is 29.3 Å². The standard InChI is InChI=1S/C13H16ClNO3S/c1-10-4-2-3-5-12(10)15(13(16)8-14)11-6-7-19(17,18)9-11/h2-5,11H,6-9H2,1H3/t11-/m1/s1. The fraction of sp³-hybridized carbons (Fsp3) is 0.462. The van der Waals surface area contributed by atoms with Gasteiger partial charge < -0.3 is 4.90 Å². The maximum absolute atomic E-state index is 12.1. The first-order valence-corrected chi connectivity index (χ1v) is 8.44. The Hall–Kier alpha value is -1.07. The predicted octanol–water partition coefficient (Wildman–Crippen LogP) is 1.75. The summed E-state index contributed by atoms with van der Waals surface area (Å²) in [6, 6.07) is 7.13. The molecule has 1 heterocycles. The molecular formula is C13H16ClNO3S. The minimum Gasteiger partial charge on any atom is -0.307 e. The fourth-order valence-electron chi connectivity index (χ4n) is 2.41. The van der Waals surface area contributed by atoms with E-state index in [0.717, 1.165) is 11.3 Å². The molecule has 1 fully saturated rings. The van der Waals surface area contributed by atoms with Crippen molar-refractivity contribution in [3.8, 4) is 0 Å². The minimum absolute atomic E-state index is 0.0178. The number of anilines is 1. The van der Waals surface area contributed by atoms with Gasteiger partial charge in [0.1, 0.15) is 5.88 Å². The van der Waals surface area contributed by atoms with Crippen LogP contribution in [0, 0.1) is 6.92 Å². The summed E-state index contributed by atoms with van der Waals surface area (Å²) in [6.07, 6.45) is 0.472. The molecule has 0 N–H and O–H groups in total. The zero-order valence-corrected chi connectivity index (χ0v) is 12.2. The minimum atomic E-state index is -3.04. The van der Waals surface area contributed by atoms with Crippen LogP contribution in [0.25, 0.3) is 0 Å². The number of sulfone groups is 1. The molecule has 0 radical (unpaired) electrons. The highest BCUT2D eigenvalue weighted by molar-refractivity contribution is 7.91. The van der Waals surface area contributed by atoms with E-state index in [1.165, 1.54) is 0 Å². The van der Waals surface area contributed by atoms with Gasteiger partial charge in [-0.15, -0.1) is 11.6 Å². The van der Waals surface area contributed by atoms with Crippen LogP contribution in [0.5, 0.6) is 0 Å². The lowest BCUT2D eigenvalue weighted by atomic mass is 10.1. The Morgan fingerprint density at radius 1 is 1.42 bits per heavy atom. The number of aryl methyl sites for hydroxylation is 1. The zero-order valence-electron chi connectivity index (χ0n) is 10.7. The average Bonchev–Trinajstić information content (AvgIpc) is 2.72. The summed E-state index contributed by atoms with van der Waals surface area (Å²) in [5, 5.41) is 0. The van der Waals surface area contributed by atoms with E-state index in [1.54, 1.807) is 4.90 Å². The van der Waals surface area contributed by atoms with Gasteiger partial charge in [-0.3, -0.25) is 4.79 Å². The number of hydrogen-bond acceptors (Lipinski definition) is 3. The van der Waals surface area contributed by atoms with E-state index in [9.17, 15) is 13.2 Å². The normalized spacial score (nSPS) is 21.3. The van der Waals surface area contributed by atoms with E-state index in [0.29, 0.717) is 6.42 Å². The van der Waals surface area contributed by atoms with Gasteiger partial charge in [0.2, 0.25) is 5.91 Å². The number of amides is 1. The first kappa shape index (κ1) is 14.3. The Labute approximate surface area is 118 Å². The molecule has 0 aliphatic carbocycles. The molecule has 1 saturated heterocycles. The molecule has 0 unspecified atom stereocenters. The van der Waals surface area contributed by atoms with Crippen LogP contribution >= 0.6 is 11.6 Å². The largest absolute Gasteiger partial charge is 0.307 e. The number of benzene rings is 1. The molecule has 1 amide bonds. The Kier molecular flexibility index (Phi) is 4.16. The molecule has 1 aliphatic heterocycles. The van der Waals surface area contributed by atoms with Crippen molar-refractivity contribution in [2.75, 3.05) is 22.3 Å². The molecule has 1 aromatic rings. The summed E-state index contributed by atoms with van der Waals surface area (Å²) >= 11 is 5.66. The Balaban J connectivity index is 2.38. The maximum Gasteiger partial charge on any atom is 0.242 e. The summed E-state index contributed by atoms with van der Waals surface area (Å²) in [5.41, 5.74) is 1.68. The number of nitrogens with zero attached hydrogens (tertiary/aromatic N) is 1. The van der Waals surface area contributed by atoms with Crippen LogP contribution in [0.4, 0.5) is 5.69 Å². The van der Waals surface area contributed by atoms with Gasteiger partial charge >= 0.3 is 0 Å². The van der Waals surface area contributed by atoms with Gasteiger partial charge in [-0.1, -0.05) is 18.2 Å². The summed E-state index contributed by atoms with van der Waals surface area (Å²) in [4.78, 5) is 13.6. The van der Waals surface area contributed by atoms with Gasteiger partial charge in [0.05, 0.1) is 17.5 Å². The molecule has 0 spiro atoms. The van der Waals surface area contributed by atoms with Crippen molar-refractivity contribution >= 4 is 33.0 Å². The average molecular weight is 302 g/mol. The molecule has 1 atom stereocenters. The SMILES string of the molecule is Cc1ccccc1N(C(=O)CCl)[C@@H]1CCS(=O)(=O)C1. The monoisotopic (exact) mass is 301 g/mol. The second-order valence-electron chi connectivity index (χ2n) is 4.74. The molecule has 0 bridgehead atoms. The number of rotatable bonds is 3. The van der Waals surface area contributed by atoms with Crippen molar-refractivity contribution in [3.63, 3.8) is 0 Å². The Bertz CT molecular complexity index is 585. The molecule has 104 valence electrons. The van der Waals surface area contributed by atoms with E-state index >= 15 is 0 Å². The van der Waals surface area contributed by atoms with Gasteiger partial charge in [-0.2, -0.15) is 0 Å². The van der Waals surface area contributed by atoms with Crippen molar-refractivity contribution in [1.82, 2.24) is 0 Å². The molecule has 6 heteroatoms. The van der Waals surface area contributed by atoms with Crippen molar-refractivity contribution in [3.05, 3.63) is 29.8 Å². The lowest BCUT2D eigenvalue weighted by molar-refractivity contribution is -0.116. The molecule has 0 aromatic heterocycles. The number of halogens is 1. The quantitative estimate of drug-likeness (QED) is 0.799. The van der Waals surface area contributed by atoms with Crippen LogP contribution in [-0.4, -0.2) is 37.8 Å². The molecule has 1 aliphatic rings. The van der Waals surface area contributed by atoms with Crippen LogP contribution in [-0.2, 0) is 14.6 Å². The van der Waals surface area contributed by atoms with Crippen molar-refractivity contribution in [2.45, 2.75) is 19.4 Å². The molecule has 4 nitrogen and oxygen atoms in total. The second-order valence-corrected chi connectivity index (χ2v) is 7.24. The Morgan fingerprint density at radius 2 is 2.11 bits per heavy atom. The summed E-state index contributed by atoms with van der Waals surface area (Å²) in [5.74, 6) is -0.247. The Morgan fingerprint density at radius 3 is 2.63 bits per heavy atom. The first-order valence-electron chi connectivity index (χ1n) is 6.08. The number of para-hydroxylation sites is 1. The number of alkyl halides is 1. The van der Waals surface area contributed by atoms with E-state index < -0.39 is 9.84 Å². The van der Waals surface area contributed by atoms with E-state index in [1.807, 2.05) is 31.2 Å². The number of hydrogen-bond donors (Lipinski definition) is 0. The molecule has 2 rings (SSSR count). The second kappa shape index (κ2) is 5.51. The van der Waals surface area contributed by atoms with Crippen LogP contribution < -0.4 is 4.90 Å². The zero-order chi connectivity index (χ0) is 14.0. The van der Waals surface area contributed by atoms with Crippen molar-refractivity contribution in [2.24, 2.45) is 0 Å². The topological polar surface area (TPSA) is 54.5 Å². The van der Waals surface area contributed by atoms with E-state index in [4.69, 9.17) is 11.6 Å². The molecule has 19 heavy (non-hydrogen) atoms. The lowest BCUT2D eigenvalue weighted by Gasteiger charge is -2.29. The van der Waals surface area contributed by atoms with Gasteiger partial charge in [0.15, 0.2) is 9.84 Å². The van der Waals surface area contributed by atoms with Gasteiger partial charge in [-0.25, -0.2) is 8.42 Å². The predicted molar refractivity (Wildman–Crippen MR) is 76.4 cm³/mol. The van der Waals surface area contributed by atoms with Crippen molar-refractivity contribution < 1.29 is 13.2 Å². The smallest absolute Gasteiger partial charge is 0.242 e. The van der Waals surface area contributed by atoms with Crippen molar-refractivity contribution in [1.29, 1.82) is 0 Å².